The number of hydrogen-bond acceptors (Lipinski definition) is 2. The Bertz CT molecular complexity index is 105. The summed E-state index contributed by atoms with van der Waals surface area (Å²) >= 11 is 0. The van der Waals surface area contributed by atoms with E-state index in [1.807, 2.05) is 0 Å². The molecule has 52 valence electrons. The third-order valence-corrected chi connectivity index (χ3v) is 1.43. The third-order valence-electron chi connectivity index (χ3n) is 1.43. The molecule has 0 aliphatic carbocycles. The topological polar surface area (TPSA) is 39.1 Å². The summed E-state index contributed by atoms with van der Waals surface area (Å²) in [5.74, 6) is 0.539. The first-order valence-electron chi connectivity index (χ1n) is 3.36. The second-order valence-corrected chi connectivity index (χ2v) is 2.43. The number of amidine groups is 1. The molecule has 0 unspecified atom stereocenters. The predicted molar refractivity (Wildman–Crippen MR) is 37.3 cm³/mol. The van der Waals surface area contributed by atoms with Gasteiger partial charge in [0.15, 0.2) is 0 Å². The molecular weight excluding hydrogens is 114 g/mol. The van der Waals surface area contributed by atoms with Crippen LogP contribution in [0.15, 0.2) is 0 Å². The van der Waals surface area contributed by atoms with Crippen molar-refractivity contribution in [3.05, 3.63) is 0 Å². The molecular formula is C6H13N3. The first-order valence-corrected chi connectivity index (χ1v) is 3.36. The Morgan fingerprint density at radius 2 is 2.00 bits per heavy atom. The maximum Gasteiger partial charge on any atom is 0.105 e. The fourth-order valence-electron chi connectivity index (χ4n) is 1.07. The van der Waals surface area contributed by atoms with Crippen molar-refractivity contribution in [3.63, 3.8) is 0 Å². The standard InChI is InChI=1S/C6H13N3/c1-6(7)8-9-4-2-3-5-9/h2-5H2,1H3,(H2,7,8). The Kier molecular flexibility index (Phi) is 2.05. The highest BCUT2D eigenvalue weighted by Crippen LogP contribution is 2.02. The monoisotopic (exact) mass is 127 g/mol. The van der Waals surface area contributed by atoms with Crippen molar-refractivity contribution in [1.29, 1.82) is 5.41 Å². The maximum atomic E-state index is 7.11. The van der Waals surface area contributed by atoms with Crippen molar-refractivity contribution in [2.75, 3.05) is 13.1 Å². The van der Waals surface area contributed by atoms with Crippen LogP contribution in [0.4, 0.5) is 0 Å². The fourth-order valence-corrected chi connectivity index (χ4v) is 1.07. The van der Waals surface area contributed by atoms with Crippen LogP contribution in [-0.2, 0) is 0 Å². The van der Waals surface area contributed by atoms with E-state index in [4.69, 9.17) is 5.41 Å². The normalized spacial score (nSPS) is 20.1. The van der Waals surface area contributed by atoms with Crippen LogP contribution in [0.5, 0.6) is 0 Å². The molecule has 0 aromatic carbocycles. The van der Waals surface area contributed by atoms with Gasteiger partial charge in [-0.15, -0.1) is 0 Å². The number of nitrogens with one attached hydrogen (secondary N) is 2. The smallest absolute Gasteiger partial charge is 0.105 e. The minimum atomic E-state index is 0.539. The van der Waals surface area contributed by atoms with E-state index in [1.54, 1.807) is 6.92 Å². The molecule has 1 heterocycles. The van der Waals surface area contributed by atoms with E-state index < -0.39 is 0 Å². The summed E-state index contributed by atoms with van der Waals surface area (Å²) in [6.07, 6.45) is 2.53. The van der Waals surface area contributed by atoms with E-state index in [-0.39, 0.29) is 0 Å². The molecule has 0 bridgehead atoms. The molecule has 0 saturated carbocycles. The van der Waals surface area contributed by atoms with E-state index in [1.165, 1.54) is 12.8 Å². The molecule has 0 aromatic rings. The van der Waals surface area contributed by atoms with Gasteiger partial charge in [0.2, 0.25) is 0 Å². The van der Waals surface area contributed by atoms with Crippen LogP contribution in [0, 0.1) is 5.41 Å². The van der Waals surface area contributed by atoms with Gasteiger partial charge < -0.3 is 5.43 Å². The Hall–Kier alpha value is -0.570. The zero-order chi connectivity index (χ0) is 6.69. The highest BCUT2D eigenvalue weighted by atomic mass is 15.5. The summed E-state index contributed by atoms with van der Waals surface area (Å²) in [6, 6.07) is 0. The van der Waals surface area contributed by atoms with Crippen LogP contribution in [0.25, 0.3) is 0 Å². The van der Waals surface area contributed by atoms with Crippen LogP contribution in [0.2, 0.25) is 0 Å². The van der Waals surface area contributed by atoms with E-state index in [9.17, 15) is 0 Å². The summed E-state index contributed by atoms with van der Waals surface area (Å²) in [4.78, 5) is 0. The lowest BCUT2D eigenvalue weighted by Gasteiger charge is -2.15. The van der Waals surface area contributed by atoms with Gasteiger partial charge >= 0.3 is 0 Å². The molecule has 9 heavy (non-hydrogen) atoms. The lowest BCUT2D eigenvalue weighted by atomic mass is 10.4. The summed E-state index contributed by atoms with van der Waals surface area (Å²) in [7, 11) is 0. The molecule has 1 saturated heterocycles. The van der Waals surface area contributed by atoms with Gasteiger partial charge in [-0.1, -0.05) is 0 Å². The van der Waals surface area contributed by atoms with Crippen molar-refractivity contribution >= 4 is 5.84 Å². The van der Waals surface area contributed by atoms with Crippen LogP contribution >= 0.6 is 0 Å². The molecule has 0 aromatic heterocycles. The van der Waals surface area contributed by atoms with Crippen molar-refractivity contribution < 1.29 is 0 Å². The van der Waals surface area contributed by atoms with Gasteiger partial charge in [-0.3, -0.25) is 5.41 Å². The van der Waals surface area contributed by atoms with Gasteiger partial charge in [-0.25, -0.2) is 5.01 Å². The van der Waals surface area contributed by atoms with E-state index in [2.05, 4.69) is 10.4 Å². The largest absolute Gasteiger partial charge is 0.307 e. The molecule has 1 rings (SSSR count). The Morgan fingerprint density at radius 1 is 1.44 bits per heavy atom. The minimum Gasteiger partial charge on any atom is -0.307 e. The molecule has 3 nitrogen and oxygen atoms in total. The molecule has 0 radical (unpaired) electrons. The molecule has 1 fully saturated rings. The lowest BCUT2D eigenvalue weighted by molar-refractivity contribution is 0.294. The molecule has 0 spiro atoms. The zero-order valence-corrected chi connectivity index (χ0v) is 5.78. The first kappa shape index (κ1) is 6.55. The average Bonchev–Trinajstić information content (AvgIpc) is 2.15. The Labute approximate surface area is 55.5 Å². The molecule has 3 heteroatoms. The van der Waals surface area contributed by atoms with Crippen molar-refractivity contribution in [1.82, 2.24) is 10.4 Å². The van der Waals surface area contributed by atoms with Crippen molar-refractivity contribution in [2.24, 2.45) is 0 Å². The highest BCUT2D eigenvalue weighted by molar-refractivity contribution is 5.75. The average molecular weight is 127 g/mol. The molecule has 1 aliphatic rings. The summed E-state index contributed by atoms with van der Waals surface area (Å²) in [6.45, 7) is 3.95. The van der Waals surface area contributed by atoms with Crippen LogP contribution < -0.4 is 5.43 Å². The van der Waals surface area contributed by atoms with Gasteiger partial charge in [-0.05, 0) is 19.8 Å². The third kappa shape index (κ3) is 2.01. The van der Waals surface area contributed by atoms with Crippen molar-refractivity contribution in [2.45, 2.75) is 19.8 Å². The molecule has 0 amide bonds. The number of hydrazine groups is 1. The van der Waals surface area contributed by atoms with E-state index >= 15 is 0 Å². The molecule has 2 N–H and O–H groups in total. The van der Waals surface area contributed by atoms with Gasteiger partial charge in [0.05, 0.1) is 0 Å². The SMILES string of the molecule is CC(=N)NN1CCCC1. The first-order chi connectivity index (χ1) is 4.29. The zero-order valence-electron chi connectivity index (χ0n) is 5.78. The number of hydrogen-bond donors (Lipinski definition) is 2. The summed E-state index contributed by atoms with van der Waals surface area (Å²) in [5.41, 5.74) is 2.96. The second-order valence-electron chi connectivity index (χ2n) is 2.43. The number of nitrogens with zero attached hydrogens (tertiary/aromatic N) is 1. The summed E-state index contributed by atoms with van der Waals surface area (Å²) in [5, 5.41) is 9.19. The lowest BCUT2D eigenvalue weighted by Crippen LogP contribution is -2.38. The van der Waals surface area contributed by atoms with E-state index in [0.717, 1.165) is 13.1 Å². The van der Waals surface area contributed by atoms with Crippen LogP contribution in [0.1, 0.15) is 19.8 Å². The highest BCUT2D eigenvalue weighted by Gasteiger charge is 2.09. The van der Waals surface area contributed by atoms with Gasteiger partial charge in [0.25, 0.3) is 0 Å². The van der Waals surface area contributed by atoms with Crippen molar-refractivity contribution in [3.8, 4) is 0 Å². The second kappa shape index (κ2) is 2.82. The number of rotatable bonds is 1. The van der Waals surface area contributed by atoms with E-state index in [0.29, 0.717) is 5.84 Å². The van der Waals surface area contributed by atoms with Crippen LogP contribution in [0.3, 0.4) is 0 Å². The molecule has 1 aliphatic heterocycles. The minimum absolute atomic E-state index is 0.539. The molecule has 0 atom stereocenters. The maximum absolute atomic E-state index is 7.11. The van der Waals surface area contributed by atoms with Gasteiger partial charge in [0.1, 0.15) is 5.84 Å². The van der Waals surface area contributed by atoms with Crippen LogP contribution in [-0.4, -0.2) is 23.9 Å². The Balaban J connectivity index is 2.19. The fraction of sp³-hybridized carbons (Fsp3) is 0.833. The van der Waals surface area contributed by atoms with Gasteiger partial charge in [-0.2, -0.15) is 0 Å². The Morgan fingerprint density at radius 3 is 2.44 bits per heavy atom. The van der Waals surface area contributed by atoms with Gasteiger partial charge in [0, 0.05) is 13.1 Å². The quantitative estimate of drug-likeness (QED) is 0.399. The predicted octanol–water partition coefficient (Wildman–Crippen LogP) is 0.584. The summed E-state index contributed by atoms with van der Waals surface area (Å²) < 4.78 is 0.